The highest BCUT2D eigenvalue weighted by Crippen LogP contribution is 2.27. The van der Waals surface area contributed by atoms with Crippen LogP contribution in [0.25, 0.3) is 21.7 Å². The van der Waals surface area contributed by atoms with Crippen LogP contribution in [0.1, 0.15) is 35.7 Å². The molecule has 2 nitrogen and oxygen atoms in total. The molecule has 25 heavy (non-hydrogen) atoms. The molecule has 0 fully saturated rings. The van der Waals surface area contributed by atoms with Gasteiger partial charge in [-0.15, -0.1) is 0 Å². The van der Waals surface area contributed by atoms with Crippen molar-refractivity contribution in [3.8, 4) is 0 Å². The van der Waals surface area contributed by atoms with Gasteiger partial charge in [0.25, 0.3) is 0 Å². The fourth-order valence-electron chi connectivity index (χ4n) is 3.51. The van der Waals surface area contributed by atoms with Crippen LogP contribution in [0.15, 0.2) is 72.9 Å². The average molecular weight is 333 g/mol. The minimum atomic E-state index is 0.100. The van der Waals surface area contributed by atoms with E-state index >= 15 is 0 Å². The van der Waals surface area contributed by atoms with E-state index in [1.165, 1.54) is 0 Å². The number of nitrogens with zero attached hydrogens (tertiary/aromatic N) is 1. The SMILES string of the molecule is CCCCn1cc(C(=O)c2cccc3ccccc23)[13c]2[13cH][13cH][13cH][13cH][13c]21. The number of hydrogen-bond acceptors (Lipinski definition) is 1. The van der Waals surface area contributed by atoms with Crippen molar-refractivity contribution in [1.82, 2.24) is 4.57 Å². The fourth-order valence-corrected chi connectivity index (χ4v) is 3.51. The van der Waals surface area contributed by atoms with Crippen molar-refractivity contribution in [3.63, 3.8) is 0 Å². The van der Waals surface area contributed by atoms with Crippen LogP contribution in [0, 0.1) is 0 Å². The van der Waals surface area contributed by atoms with Gasteiger partial charge in [-0.2, -0.15) is 0 Å². The number of carbonyl (C=O) groups excluding carboxylic acids is 1. The standard InChI is InChI=1S/C23H21NO/c1-2-3-15-24-16-21(19-12-6-7-14-22(19)24)23(25)20-13-8-10-17-9-4-5-11-18(17)20/h4-14,16H,2-3,15H2,1H3/i6+1,7+1,12+1,14+1,19+1,22+1. The Bertz CT molecular complexity index is 1050. The molecule has 4 rings (SSSR count). The lowest BCUT2D eigenvalue weighted by molar-refractivity contribution is 0.104. The van der Waals surface area contributed by atoms with Gasteiger partial charge in [-0.1, -0.05) is 74.0 Å². The molecule has 0 atom stereocenters. The second kappa shape index (κ2) is 6.56. The van der Waals surface area contributed by atoms with E-state index in [-0.39, 0.29) is 5.78 Å². The number of ketones is 1. The summed E-state index contributed by atoms with van der Waals surface area (Å²) < 4.78 is 2.22. The third-order valence-corrected chi connectivity index (χ3v) is 4.82. The lowest BCUT2D eigenvalue weighted by Gasteiger charge is -2.05. The molecule has 0 aliphatic heterocycles. The normalized spacial score (nSPS) is 11.2. The zero-order valence-corrected chi connectivity index (χ0v) is 14.4. The molecule has 0 saturated heterocycles. The van der Waals surface area contributed by atoms with Gasteiger partial charge in [0.15, 0.2) is 5.78 Å². The second-order valence-electron chi connectivity index (χ2n) is 6.46. The van der Waals surface area contributed by atoms with Crippen LogP contribution < -0.4 is 0 Å². The van der Waals surface area contributed by atoms with Gasteiger partial charge in [-0.25, -0.2) is 0 Å². The quantitative estimate of drug-likeness (QED) is 0.421. The lowest BCUT2D eigenvalue weighted by atomic mass is 10.00. The summed E-state index contributed by atoms with van der Waals surface area (Å²) in [5.41, 5.74) is 2.71. The number of aromatic nitrogens is 1. The van der Waals surface area contributed by atoms with Crippen LogP contribution in [0.5, 0.6) is 0 Å². The molecule has 1 aromatic heterocycles. The molecule has 2 heteroatoms. The summed E-state index contributed by atoms with van der Waals surface area (Å²) in [6.07, 6.45) is 4.28. The van der Waals surface area contributed by atoms with Crippen molar-refractivity contribution in [2.75, 3.05) is 0 Å². The van der Waals surface area contributed by atoms with E-state index in [1.807, 2.05) is 48.7 Å². The maximum Gasteiger partial charge on any atom is 0.195 e. The van der Waals surface area contributed by atoms with Crippen molar-refractivity contribution in [2.24, 2.45) is 0 Å². The summed E-state index contributed by atoms with van der Waals surface area (Å²) in [5.74, 6) is 0.100. The van der Waals surface area contributed by atoms with Gasteiger partial charge in [0, 0.05) is 34.8 Å². The number of fused-ring (bicyclic) bond motifs is 2. The summed E-state index contributed by atoms with van der Waals surface area (Å²) in [4.78, 5) is 13.3. The summed E-state index contributed by atoms with van der Waals surface area (Å²) in [5, 5.41) is 3.15. The zero-order valence-electron chi connectivity index (χ0n) is 14.4. The lowest BCUT2D eigenvalue weighted by Crippen LogP contribution is -2.02. The molecule has 0 aliphatic rings. The van der Waals surface area contributed by atoms with Crippen molar-refractivity contribution >= 4 is 27.5 Å². The van der Waals surface area contributed by atoms with Crippen LogP contribution in [0.3, 0.4) is 0 Å². The first-order valence-corrected chi connectivity index (χ1v) is 8.90. The number of benzene rings is 3. The highest BCUT2D eigenvalue weighted by molar-refractivity contribution is 6.21. The maximum absolute atomic E-state index is 13.3. The number of para-hydroxylation sites is 1. The molecule has 4 aromatic rings. The van der Waals surface area contributed by atoms with Crippen LogP contribution >= 0.6 is 0 Å². The third kappa shape index (κ3) is 2.74. The van der Waals surface area contributed by atoms with E-state index in [9.17, 15) is 4.79 Å². The predicted molar refractivity (Wildman–Crippen MR) is 104 cm³/mol. The molecule has 0 N–H and O–H groups in total. The smallest absolute Gasteiger partial charge is 0.195 e. The molecule has 0 radical (unpaired) electrons. The monoisotopic (exact) mass is 333 g/mol. The number of carbonyl (C=O) groups is 1. The molecule has 3 aromatic carbocycles. The fraction of sp³-hybridized carbons (Fsp3) is 0.174. The van der Waals surface area contributed by atoms with Crippen molar-refractivity contribution in [2.45, 2.75) is 26.3 Å². The Balaban J connectivity index is 1.87. The first-order chi connectivity index (χ1) is 12.3. The summed E-state index contributed by atoms with van der Waals surface area (Å²) in [6, 6.07) is 22.2. The number of hydrogen-bond donors (Lipinski definition) is 0. The number of aryl methyl sites for hydroxylation is 1. The topological polar surface area (TPSA) is 22.0 Å². The van der Waals surface area contributed by atoms with Crippen molar-refractivity contribution in [3.05, 3.63) is 84.1 Å². The van der Waals surface area contributed by atoms with E-state index in [1.54, 1.807) is 0 Å². The van der Waals surface area contributed by atoms with Gasteiger partial charge in [0.2, 0.25) is 0 Å². The Morgan fingerprint density at radius 3 is 2.40 bits per heavy atom. The van der Waals surface area contributed by atoms with Gasteiger partial charge < -0.3 is 4.57 Å². The molecule has 1 heterocycles. The van der Waals surface area contributed by atoms with E-state index in [2.05, 4.69) is 35.8 Å². The van der Waals surface area contributed by atoms with Gasteiger partial charge in [-0.3, -0.25) is 4.79 Å². The summed E-state index contributed by atoms with van der Waals surface area (Å²) in [7, 11) is 0. The van der Waals surface area contributed by atoms with Crippen molar-refractivity contribution < 1.29 is 4.79 Å². The van der Waals surface area contributed by atoms with E-state index in [0.717, 1.165) is 52.2 Å². The predicted octanol–water partition coefficient (Wildman–Crippen LogP) is 5.83. The molecule has 0 unspecified atom stereocenters. The third-order valence-electron chi connectivity index (χ3n) is 4.82. The van der Waals surface area contributed by atoms with E-state index in [0.29, 0.717) is 0 Å². The highest BCUT2D eigenvalue weighted by Gasteiger charge is 2.18. The molecular weight excluding hydrogens is 312 g/mol. The summed E-state index contributed by atoms with van der Waals surface area (Å²) >= 11 is 0. The average Bonchev–Trinajstić information content (AvgIpc) is 3.04. The Morgan fingerprint density at radius 2 is 1.56 bits per heavy atom. The number of rotatable bonds is 5. The molecule has 0 spiro atoms. The zero-order chi connectivity index (χ0) is 17.2. The first-order valence-electron chi connectivity index (χ1n) is 8.90. The van der Waals surface area contributed by atoms with E-state index < -0.39 is 0 Å². The first kappa shape index (κ1) is 15.6. The van der Waals surface area contributed by atoms with Gasteiger partial charge in [0.1, 0.15) is 0 Å². The Kier molecular flexibility index (Phi) is 4.10. The Morgan fingerprint density at radius 1 is 0.840 bits per heavy atom. The number of unbranched alkanes of at least 4 members (excludes halogenated alkanes) is 1. The highest BCUT2D eigenvalue weighted by atomic mass is 16.1. The Labute approximate surface area is 147 Å². The molecule has 0 bridgehead atoms. The van der Waals surface area contributed by atoms with Crippen molar-refractivity contribution in [1.29, 1.82) is 0 Å². The van der Waals surface area contributed by atoms with E-state index in [4.69, 9.17) is 0 Å². The van der Waals surface area contributed by atoms with Gasteiger partial charge in [0.05, 0.1) is 0 Å². The van der Waals surface area contributed by atoms with Gasteiger partial charge in [-0.05, 0) is 23.3 Å². The van der Waals surface area contributed by atoms with Crippen LogP contribution in [0.2, 0.25) is 0 Å². The Hall–Kier alpha value is -2.87. The van der Waals surface area contributed by atoms with Crippen LogP contribution in [-0.4, -0.2) is 10.4 Å². The van der Waals surface area contributed by atoms with Crippen LogP contribution in [-0.2, 0) is 6.54 Å². The second-order valence-corrected chi connectivity index (χ2v) is 6.46. The minimum Gasteiger partial charge on any atom is -0.347 e. The molecule has 0 amide bonds. The molecule has 124 valence electrons. The molecule has 0 saturated carbocycles. The van der Waals surface area contributed by atoms with Gasteiger partial charge >= 0.3 is 0 Å². The minimum absolute atomic E-state index is 0.100. The maximum atomic E-state index is 13.3. The van der Waals surface area contributed by atoms with Crippen LogP contribution in [0.4, 0.5) is 0 Å². The molecule has 0 aliphatic carbocycles. The summed E-state index contributed by atoms with van der Waals surface area (Å²) in [6.45, 7) is 3.13. The largest absolute Gasteiger partial charge is 0.347 e. The molecular formula is C23H21NO.